The molecule has 94 valence electrons. The fourth-order valence-electron chi connectivity index (χ4n) is 1.27. The summed E-state index contributed by atoms with van der Waals surface area (Å²) in [5.74, 6) is -0.660. The topological polar surface area (TPSA) is 75.1 Å². The predicted molar refractivity (Wildman–Crippen MR) is 71.1 cm³/mol. The molecule has 2 N–H and O–H groups in total. The molecule has 0 saturated carbocycles. The number of rotatable bonds is 3. The molecule has 2 heterocycles. The molecule has 0 unspecified atom stereocenters. The summed E-state index contributed by atoms with van der Waals surface area (Å²) >= 11 is 7.45. The molecule has 0 aliphatic heterocycles. The molecular weight excluding hydrogens is 274 g/mol. The number of carboxylic acid groups (broad SMARTS) is 1. The Kier molecular flexibility index (Phi) is 3.49. The van der Waals surface area contributed by atoms with E-state index in [0.717, 1.165) is 10.6 Å². The summed E-state index contributed by atoms with van der Waals surface area (Å²) < 4.78 is 0. The zero-order valence-electron chi connectivity index (χ0n) is 9.69. The normalized spacial score (nSPS) is 10.4. The van der Waals surface area contributed by atoms with Crippen molar-refractivity contribution < 1.29 is 9.90 Å². The lowest BCUT2D eigenvalue weighted by molar-refractivity contribution is 0.0696. The Balaban J connectivity index is 2.27. The summed E-state index contributed by atoms with van der Waals surface area (Å²) in [7, 11) is 0. The van der Waals surface area contributed by atoms with Crippen molar-refractivity contribution in [2.24, 2.45) is 0 Å². The highest BCUT2D eigenvalue weighted by atomic mass is 35.5. The molecule has 0 saturated heterocycles. The van der Waals surface area contributed by atoms with Gasteiger partial charge in [0.15, 0.2) is 10.9 Å². The maximum absolute atomic E-state index is 10.7. The van der Waals surface area contributed by atoms with E-state index in [1.165, 1.54) is 23.6 Å². The van der Waals surface area contributed by atoms with Gasteiger partial charge < -0.3 is 10.4 Å². The van der Waals surface area contributed by atoms with Gasteiger partial charge in [0.05, 0.1) is 16.3 Å². The summed E-state index contributed by atoms with van der Waals surface area (Å²) in [6.07, 6.45) is 1.25. The number of hydrogen-bond donors (Lipinski definition) is 2. The van der Waals surface area contributed by atoms with Crippen molar-refractivity contribution in [1.82, 2.24) is 9.97 Å². The van der Waals surface area contributed by atoms with Crippen molar-refractivity contribution in [1.29, 1.82) is 0 Å². The highest BCUT2D eigenvalue weighted by Gasteiger charge is 2.10. The van der Waals surface area contributed by atoms with E-state index in [1.54, 1.807) is 0 Å². The Morgan fingerprint density at radius 3 is 2.72 bits per heavy atom. The lowest BCUT2D eigenvalue weighted by Crippen LogP contribution is -2.00. The number of carbonyl (C=O) groups is 1. The van der Waals surface area contributed by atoms with Crippen molar-refractivity contribution in [3.63, 3.8) is 0 Å². The number of aromatic nitrogens is 2. The highest BCUT2D eigenvalue weighted by Crippen LogP contribution is 2.28. The van der Waals surface area contributed by atoms with Crippen LogP contribution in [0, 0.1) is 13.8 Å². The van der Waals surface area contributed by atoms with E-state index in [2.05, 4.69) is 15.3 Å². The number of thiazole rings is 1. The molecule has 5 nitrogen and oxygen atoms in total. The Bertz CT molecular complexity index is 593. The minimum absolute atomic E-state index is 0.0528. The third-order valence-corrected chi connectivity index (χ3v) is 3.62. The van der Waals surface area contributed by atoms with Gasteiger partial charge in [0.25, 0.3) is 0 Å². The van der Waals surface area contributed by atoms with Gasteiger partial charge in [-0.15, -0.1) is 11.3 Å². The summed E-state index contributed by atoms with van der Waals surface area (Å²) in [5, 5.41) is 12.7. The predicted octanol–water partition coefficient (Wildman–Crippen LogP) is 3.25. The van der Waals surface area contributed by atoms with Crippen LogP contribution < -0.4 is 5.32 Å². The van der Waals surface area contributed by atoms with Gasteiger partial charge in [-0.25, -0.2) is 14.8 Å². The second kappa shape index (κ2) is 4.91. The first kappa shape index (κ1) is 12.8. The van der Waals surface area contributed by atoms with E-state index in [9.17, 15) is 4.79 Å². The summed E-state index contributed by atoms with van der Waals surface area (Å²) in [6.45, 7) is 3.89. The Morgan fingerprint density at radius 2 is 2.22 bits per heavy atom. The van der Waals surface area contributed by atoms with Crippen LogP contribution in [0.1, 0.15) is 20.9 Å². The first-order valence-electron chi connectivity index (χ1n) is 5.07. The molecule has 2 rings (SSSR count). The van der Waals surface area contributed by atoms with Gasteiger partial charge in [-0.1, -0.05) is 11.6 Å². The Hall–Kier alpha value is -1.66. The van der Waals surface area contributed by atoms with Gasteiger partial charge in [-0.2, -0.15) is 0 Å². The molecule has 0 fully saturated rings. The maximum Gasteiger partial charge on any atom is 0.337 e. The monoisotopic (exact) mass is 283 g/mol. The van der Waals surface area contributed by atoms with Crippen LogP contribution in [0.15, 0.2) is 12.3 Å². The van der Waals surface area contributed by atoms with Gasteiger partial charge in [0.1, 0.15) is 0 Å². The Morgan fingerprint density at radius 1 is 1.50 bits per heavy atom. The van der Waals surface area contributed by atoms with Crippen molar-refractivity contribution in [2.75, 3.05) is 5.32 Å². The largest absolute Gasteiger partial charge is 0.478 e. The number of anilines is 2. The number of hydrogen-bond acceptors (Lipinski definition) is 5. The van der Waals surface area contributed by atoms with Crippen LogP contribution in [0.4, 0.5) is 10.9 Å². The molecule has 2 aromatic heterocycles. The molecule has 0 aliphatic carbocycles. The average molecular weight is 284 g/mol. The van der Waals surface area contributed by atoms with Crippen LogP contribution in [0.5, 0.6) is 0 Å². The number of nitrogens with one attached hydrogen (secondary N) is 1. The molecule has 7 heteroatoms. The fraction of sp³-hybridized carbons (Fsp3) is 0.182. The van der Waals surface area contributed by atoms with Crippen LogP contribution in [0.3, 0.4) is 0 Å². The fourth-order valence-corrected chi connectivity index (χ4v) is 2.30. The molecule has 0 aliphatic rings. The van der Waals surface area contributed by atoms with E-state index in [1.807, 2.05) is 13.8 Å². The number of aryl methyl sites for hydroxylation is 2. The molecule has 0 aromatic carbocycles. The van der Waals surface area contributed by atoms with Crippen molar-refractivity contribution >= 4 is 39.9 Å². The number of halogens is 1. The molecule has 0 spiro atoms. The maximum atomic E-state index is 10.7. The zero-order valence-corrected chi connectivity index (χ0v) is 11.3. The van der Waals surface area contributed by atoms with Gasteiger partial charge in [0.2, 0.25) is 0 Å². The van der Waals surface area contributed by atoms with Crippen molar-refractivity contribution in [3.05, 3.63) is 33.4 Å². The minimum atomic E-state index is -1.06. The van der Waals surface area contributed by atoms with Gasteiger partial charge in [-0.05, 0) is 19.9 Å². The first-order chi connectivity index (χ1) is 8.47. The van der Waals surface area contributed by atoms with Crippen LogP contribution in [-0.4, -0.2) is 21.0 Å². The van der Waals surface area contributed by atoms with Crippen LogP contribution in [-0.2, 0) is 0 Å². The standard InChI is InChI=1S/C11H10ClN3O2S/c1-5-6(2)18-11(14-5)15-9-8(12)3-7(4-13-9)10(16)17/h3-4H,1-2H3,(H,16,17)(H,13,14,15). The van der Waals surface area contributed by atoms with Crippen LogP contribution in [0.2, 0.25) is 5.02 Å². The number of pyridine rings is 1. The number of aromatic carboxylic acids is 1. The minimum Gasteiger partial charge on any atom is -0.478 e. The first-order valence-corrected chi connectivity index (χ1v) is 6.26. The van der Waals surface area contributed by atoms with E-state index < -0.39 is 5.97 Å². The van der Waals surface area contributed by atoms with Gasteiger partial charge >= 0.3 is 5.97 Å². The number of carboxylic acids is 1. The van der Waals surface area contributed by atoms with E-state index in [-0.39, 0.29) is 10.6 Å². The summed E-state index contributed by atoms with van der Waals surface area (Å²) in [6, 6.07) is 1.35. The smallest absolute Gasteiger partial charge is 0.337 e. The third-order valence-electron chi connectivity index (χ3n) is 2.34. The van der Waals surface area contributed by atoms with E-state index >= 15 is 0 Å². The highest BCUT2D eigenvalue weighted by molar-refractivity contribution is 7.15. The summed E-state index contributed by atoms with van der Waals surface area (Å²) in [5.41, 5.74) is 0.998. The molecule has 0 bridgehead atoms. The Labute approximate surface area is 112 Å². The summed E-state index contributed by atoms with van der Waals surface area (Å²) in [4.78, 5) is 20.1. The second-order valence-corrected chi connectivity index (χ2v) is 5.26. The molecule has 18 heavy (non-hydrogen) atoms. The van der Waals surface area contributed by atoms with Crippen LogP contribution >= 0.6 is 22.9 Å². The molecule has 0 radical (unpaired) electrons. The molecule has 0 atom stereocenters. The zero-order chi connectivity index (χ0) is 13.3. The van der Waals surface area contributed by atoms with Gasteiger partial charge in [0, 0.05) is 11.1 Å². The lowest BCUT2D eigenvalue weighted by Gasteiger charge is -2.04. The quantitative estimate of drug-likeness (QED) is 0.904. The SMILES string of the molecule is Cc1nc(Nc2ncc(C(=O)O)cc2Cl)sc1C. The lowest BCUT2D eigenvalue weighted by atomic mass is 10.3. The average Bonchev–Trinajstić information content (AvgIpc) is 2.61. The van der Waals surface area contributed by atoms with Crippen molar-refractivity contribution in [3.8, 4) is 0 Å². The third kappa shape index (κ3) is 2.60. The molecule has 2 aromatic rings. The van der Waals surface area contributed by atoms with E-state index in [4.69, 9.17) is 16.7 Å². The van der Waals surface area contributed by atoms with Crippen molar-refractivity contribution in [2.45, 2.75) is 13.8 Å². The molecular formula is C11H10ClN3O2S. The second-order valence-electron chi connectivity index (χ2n) is 3.65. The van der Waals surface area contributed by atoms with Gasteiger partial charge in [-0.3, -0.25) is 0 Å². The molecule has 0 amide bonds. The number of nitrogens with zero attached hydrogens (tertiary/aromatic N) is 2. The van der Waals surface area contributed by atoms with E-state index in [0.29, 0.717) is 10.9 Å². The van der Waals surface area contributed by atoms with Crippen LogP contribution in [0.25, 0.3) is 0 Å².